The van der Waals surface area contributed by atoms with E-state index in [0.29, 0.717) is 12.5 Å². The average Bonchev–Trinajstić information content (AvgIpc) is 2.83. The molecule has 0 saturated heterocycles. The van der Waals surface area contributed by atoms with Gasteiger partial charge in [0.15, 0.2) is 0 Å². The van der Waals surface area contributed by atoms with Crippen LogP contribution in [-0.4, -0.2) is 33.7 Å². The van der Waals surface area contributed by atoms with Gasteiger partial charge in [0.05, 0.1) is 17.8 Å². The van der Waals surface area contributed by atoms with E-state index in [1.165, 1.54) is 25.7 Å². The van der Waals surface area contributed by atoms with Gasteiger partial charge in [0.2, 0.25) is 5.91 Å². The lowest BCUT2D eigenvalue weighted by molar-refractivity contribution is -0.131. The Balaban J connectivity index is 1.76. The third-order valence-corrected chi connectivity index (χ3v) is 5.54. The lowest BCUT2D eigenvalue weighted by Gasteiger charge is -2.27. The SMILES string of the molecule is Cc1nn(-c2ccccc2)c(C)c1CC(=O)N(C)C1CCCCCC1. The van der Waals surface area contributed by atoms with E-state index in [4.69, 9.17) is 0 Å². The van der Waals surface area contributed by atoms with Gasteiger partial charge in [0, 0.05) is 24.3 Å². The predicted molar refractivity (Wildman–Crippen MR) is 101 cm³/mol. The van der Waals surface area contributed by atoms with E-state index in [9.17, 15) is 4.79 Å². The van der Waals surface area contributed by atoms with Gasteiger partial charge in [-0.1, -0.05) is 43.9 Å². The molecule has 1 heterocycles. The number of para-hydroxylation sites is 1. The molecular weight excluding hydrogens is 310 g/mol. The average molecular weight is 339 g/mol. The van der Waals surface area contributed by atoms with Gasteiger partial charge in [0.1, 0.15) is 0 Å². The van der Waals surface area contributed by atoms with Crippen LogP contribution in [0.3, 0.4) is 0 Å². The Kier molecular flexibility index (Phi) is 5.57. The maximum Gasteiger partial charge on any atom is 0.227 e. The quantitative estimate of drug-likeness (QED) is 0.783. The van der Waals surface area contributed by atoms with Crippen molar-refractivity contribution in [1.82, 2.24) is 14.7 Å². The second-order valence-electron chi connectivity index (χ2n) is 7.22. The highest BCUT2D eigenvalue weighted by atomic mass is 16.2. The maximum absolute atomic E-state index is 12.9. The van der Waals surface area contributed by atoms with Gasteiger partial charge < -0.3 is 4.90 Å². The summed E-state index contributed by atoms with van der Waals surface area (Å²) in [4.78, 5) is 14.9. The largest absolute Gasteiger partial charge is 0.342 e. The first-order valence-corrected chi connectivity index (χ1v) is 9.44. The number of carbonyl (C=O) groups is 1. The standard InChI is InChI=1S/C21H29N3O/c1-16-20(17(2)24(22-16)19-13-9-6-10-14-19)15-21(25)23(3)18-11-7-4-5-8-12-18/h6,9-10,13-14,18H,4-5,7-8,11-12,15H2,1-3H3. The van der Waals surface area contributed by atoms with Crippen LogP contribution < -0.4 is 0 Å². The molecular formula is C21H29N3O. The van der Waals surface area contributed by atoms with Crippen molar-refractivity contribution in [3.63, 3.8) is 0 Å². The van der Waals surface area contributed by atoms with Gasteiger partial charge >= 0.3 is 0 Å². The van der Waals surface area contributed by atoms with Gasteiger partial charge in [-0.2, -0.15) is 5.10 Å². The normalized spacial score (nSPS) is 15.8. The van der Waals surface area contributed by atoms with Gasteiger partial charge in [-0.3, -0.25) is 4.79 Å². The monoisotopic (exact) mass is 339 g/mol. The van der Waals surface area contributed by atoms with E-state index < -0.39 is 0 Å². The molecule has 0 bridgehead atoms. The van der Waals surface area contributed by atoms with Crippen LogP contribution in [-0.2, 0) is 11.2 Å². The molecule has 25 heavy (non-hydrogen) atoms. The summed E-state index contributed by atoms with van der Waals surface area (Å²) in [5.41, 5.74) is 4.11. The number of hydrogen-bond donors (Lipinski definition) is 0. The minimum absolute atomic E-state index is 0.214. The summed E-state index contributed by atoms with van der Waals surface area (Å²) in [5, 5.41) is 4.67. The number of rotatable bonds is 4. The number of nitrogens with zero attached hydrogens (tertiary/aromatic N) is 3. The topological polar surface area (TPSA) is 38.1 Å². The van der Waals surface area contributed by atoms with Crippen molar-refractivity contribution in [3.05, 3.63) is 47.3 Å². The molecule has 1 aromatic heterocycles. The second-order valence-corrected chi connectivity index (χ2v) is 7.22. The Hall–Kier alpha value is -2.10. The Bertz CT molecular complexity index is 712. The zero-order valence-corrected chi connectivity index (χ0v) is 15.7. The summed E-state index contributed by atoms with van der Waals surface area (Å²) in [6.07, 6.45) is 7.82. The molecule has 0 unspecified atom stereocenters. The zero-order valence-electron chi connectivity index (χ0n) is 15.7. The molecule has 1 aromatic carbocycles. The smallest absolute Gasteiger partial charge is 0.227 e. The van der Waals surface area contributed by atoms with Crippen LogP contribution in [0.4, 0.5) is 0 Å². The fourth-order valence-electron chi connectivity index (χ4n) is 3.88. The number of aryl methyl sites for hydroxylation is 1. The third kappa shape index (κ3) is 3.94. The molecule has 0 spiro atoms. The number of likely N-dealkylation sites (N-methyl/N-ethyl adjacent to an activating group) is 1. The minimum Gasteiger partial charge on any atom is -0.342 e. The van der Waals surface area contributed by atoms with Crippen molar-refractivity contribution in [1.29, 1.82) is 0 Å². The van der Waals surface area contributed by atoms with E-state index >= 15 is 0 Å². The number of hydrogen-bond acceptors (Lipinski definition) is 2. The van der Waals surface area contributed by atoms with Gasteiger partial charge in [0.25, 0.3) is 0 Å². The van der Waals surface area contributed by atoms with Crippen LogP contribution in [0.2, 0.25) is 0 Å². The van der Waals surface area contributed by atoms with Crippen LogP contribution in [0.25, 0.3) is 5.69 Å². The molecule has 134 valence electrons. The van der Waals surface area contributed by atoms with Crippen molar-refractivity contribution < 1.29 is 4.79 Å². The molecule has 1 fully saturated rings. The first-order chi connectivity index (χ1) is 12.1. The third-order valence-electron chi connectivity index (χ3n) is 5.54. The molecule has 0 radical (unpaired) electrons. The predicted octanol–water partition coefficient (Wildman–Crippen LogP) is 4.21. The molecule has 0 atom stereocenters. The molecule has 1 saturated carbocycles. The van der Waals surface area contributed by atoms with Crippen molar-refractivity contribution in [2.75, 3.05) is 7.05 Å². The van der Waals surface area contributed by atoms with Crippen LogP contribution in [0.5, 0.6) is 0 Å². The van der Waals surface area contributed by atoms with Crippen LogP contribution in [0, 0.1) is 13.8 Å². The fourth-order valence-corrected chi connectivity index (χ4v) is 3.88. The molecule has 0 N–H and O–H groups in total. The summed E-state index contributed by atoms with van der Waals surface area (Å²) in [7, 11) is 1.98. The van der Waals surface area contributed by atoms with E-state index in [0.717, 1.165) is 35.5 Å². The molecule has 3 rings (SSSR count). The molecule has 2 aromatic rings. The van der Waals surface area contributed by atoms with Crippen LogP contribution in [0.1, 0.15) is 55.5 Å². The van der Waals surface area contributed by atoms with Gasteiger partial charge in [-0.15, -0.1) is 0 Å². The van der Waals surface area contributed by atoms with Crippen molar-refractivity contribution in [2.24, 2.45) is 0 Å². The van der Waals surface area contributed by atoms with Crippen molar-refractivity contribution >= 4 is 5.91 Å². The van der Waals surface area contributed by atoms with Crippen LogP contribution >= 0.6 is 0 Å². The first kappa shape index (κ1) is 17.7. The van der Waals surface area contributed by atoms with E-state index in [1.54, 1.807) is 0 Å². The van der Waals surface area contributed by atoms with Gasteiger partial charge in [-0.25, -0.2) is 4.68 Å². The van der Waals surface area contributed by atoms with Crippen LogP contribution in [0.15, 0.2) is 30.3 Å². The van der Waals surface area contributed by atoms with Crippen molar-refractivity contribution in [3.8, 4) is 5.69 Å². The summed E-state index contributed by atoms with van der Waals surface area (Å²) in [5.74, 6) is 0.214. The molecule has 0 aliphatic heterocycles. The molecule has 4 heteroatoms. The highest BCUT2D eigenvalue weighted by molar-refractivity contribution is 5.79. The summed E-state index contributed by atoms with van der Waals surface area (Å²) >= 11 is 0. The second kappa shape index (κ2) is 7.85. The van der Waals surface area contributed by atoms with E-state index in [-0.39, 0.29) is 5.91 Å². The Morgan fingerprint density at radius 2 is 1.76 bits per heavy atom. The summed E-state index contributed by atoms with van der Waals surface area (Å²) in [6.45, 7) is 4.06. The molecule has 1 aliphatic carbocycles. The maximum atomic E-state index is 12.9. The van der Waals surface area contributed by atoms with E-state index in [1.807, 2.05) is 53.9 Å². The summed E-state index contributed by atoms with van der Waals surface area (Å²) < 4.78 is 1.95. The van der Waals surface area contributed by atoms with E-state index in [2.05, 4.69) is 12.0 Å². The lowest BCUT2D eigenvalue weighted by Crippen LogP contribution is -2.37. The Labute approximate surface area is 150 Å². The lowest BCUT2D eigenvalue weighted by atomic mass is 10.1. The zero-order chi connectivity index (χ0) is 17.8. The number of amides is 1. The molecule has 1 amide bonds. The summed E-state index contributed by atoms with van der Waals surface area (Å²) in [6, 6.07) is 10.5. The molecule has 4 nitrogen and oxygen atoms in total. The van der Waals surface area contributed by atoms with Gasteiger partial charge in [-0.05, 0) is 38.8 Å². The fraction of sp³-hybridized carbons (Fsp3) is 0.524. The highest BCUT2D eigenvalue weighted by Gasteiger charge is 2.23. The number of benzene rings is 1. The highest BCUT2D eigenvalue weighted by Crippen LogP contribution is 2.23. The Morgan fingerprint density at radius 1 is 1.12 bits per heavy atom. The Morgan fingerprint density at radius 3 is 2.40 bits per heavy atom. The number of carbonyl (C=O) groups excluding carboxylic acids is 1. The van der Waals surface area contributed by atoms with Crippen molar-refractivity contribution in [2.45, 2.75) is 64.8 Å². The minimum atomic E-state index is 0.214. The number of aromatic nitrogens is 2. The molecule has 1 aliphatic rings. The first-order valence-electron chi connectivity index (χ1n) is 9.44.